The zero-order valence-corrected chi connectivity index (χ0v) is 12.5. The molecule has 4 heteroatoms. The first-order valence-corrected chi connectivity index (χ1v) is 6.93. The predicted molar refractivity (Wildman–Crippen MR) is 86.3 cm³/mol. The van der Waals surface area contributed by atoms with Crippen molar-refractivity contribution < 1.29 is 4.79 Å². The number of rotatable bonds is 5. The summed E-state index contributed by atoms with van der Waals surface area (Å²) in [6.07, 6.45) is 0. The van der Waals surface area contributed by atoms with Crippen LogP contribution in [-0.2, 0) is 13.1 Å². The van der Waals surface area contributed by atoms with Gasteiger partial charge < -0.3 is 16.0 Å². The molecular formula is C17H21N3O. The van der Waals surface area contributed by atoms with E-state index in [0.29, 0.717) is 18.7 Å². The molecule has 0 aromatic heterocycles. The fourth-order valence-corrected chi connectivity index (χ4v) is 2.04. The number of carbonyl (C=O) groups excluding carboxylic acids is 1. The summed E-state index contributed by atoms with van der Waals surface area (Å²) < 4.78 is 0. The molecule has 0 unspecified atom stereocenters. The molecule has 0 fully saturated rings. The average Bonchev–Trinajstić information content (AvgIpc) is 2.53. The summed E-state index contributed by atoms with van der Waals surface area (Å²) in [6.45, 7) is 0.951. The Hall–Kier alpha value is -2.33. The van der Waals surface area contributed by atoms with Crippen molar-refractivity contribution in [2.24, 2.45) is 5.73 Å². The van der Waals surface area contributed by atoms with E-state index >= 15 is 0 Å². The Bertz CT molecular complexity index is 606. The van der Waals surface area contributed by atoms with Gasteiger partial charge in [0.25, 0.3) is 5.91 Å². The molecule has 0 saturated carbocycles. The van der Waals surface area contributed by atoms with Gasteiger partial charge in [0.05, 0.1) is 0 Å². The van der Waals surface area contributed by atoms with Crippen LogP contribution < -0.4 is 16.0 Å². The molecule has 0 aliphatic heterocycles. The van der Waals surface area contributed by atoms with E-state index in [-0.39, 0.29) is 5.91 Å². The molecule has 2 aromatic carbocycles. The molecular weight excluding hydrogens is 262 g/mol. The number of anilines is 1. The van der Waals surface area contributed by atoms with Crippen LogP contribution in [0.1, 0.15) is 21.5 Å². The van der Waals surface area contributed by atoms with Crippen LogP contribution in [-0.4, -0.2) is 20.0 Å². The fourth-order valence-electron chi connectivity index (χ4n) is 2.04. The summed E-state index contributed by atoms with van der Waals surface area (Å²) in [7, 11) is 4.00. The lowest BCUT2D eigenvalue weighted by Gasteiger charge is -2.13. The second-order valence-electron chi connectivity index (χ2n) is 5.15. The minimum Gasteiger partial charge on any atom is -0.378 e. The van der Waals surface area contributed by atoms with Crippen LogP contribution in [0.2, 0.25) is 0 Å². The molecule has 0 atom stereocenters. The number of hydrogen-bond donors (Lipinski definition) is 2. The van der Waals surface area contributed by atoms with Gasteiger partial charge in [0, 0.05) is 38.4 Å². The molecule has 0 spiro atoms. The van der Waals surface area contributed by atoms with E-state index in [2.05, 4.69) is 5.32 Å². The van der Waals surface area contributed by atoms with Crippen LogP contribution in [0, 0.1) is 0 Å². The molecule has 0 heterocycles. The lowest BCUT2D eigenvalue weighted by atomic mass is 10.1. The molecule has 4 nitrogen and oxygen atoms in total. The molecule has 0 saturated heterocycles. The quantitative estimate of drug-likeness (QED) is 0.884. The number of nitrogens with two attached hydrogens (primary N) is 1. The number of benzene rings is 2. The third-order valence-corrected chi connectivity index (χ3v) is 3.33. The first-order chi connectivity index (χ1) is 10.1. The van der Waals surface area contributed by atoms with Gasteiger partial charge in [0.15, 0.2) is 0 Å². The molecule has 1 amide bonds. The maximum atomic E-state index is 12.1. The van der Waals surface area contributed by atoms with Gasteiger partial charge in [-0.25, -0.2) is 0 Å². The highest BCUT2D eigenvalue weighted by molar-refractivity contribution is 5.94. The van der Waals surface area contributed by atoms with E-state index in [4.69, 9.17) is 5.73 Å². The molecule has 110 valence electrons. The van der Waals surface area contributed by atoms with Gasteiger partial charge in [-0.05, 0) is 35.4 Å². The molecule has 0 radical (unpaired) electrons. The second kappa shape index (κ2) is 6.90. The minimum atomic E-state index is -0.0815. The first-order valence-electron chi connectivity index (χ1n) is 6.93. The second-order valence-corrected chi connectivity index (χ2v) is 5.15. The highest BCUT2D eigenvalue weighted by atomic mass is 16.1. The van der Waals surface area contributed by atoms with Gasteiger partial charge in [-0.15, -0.1) is 0 Å². The summed E-state index contributed by atoms with van der Waals surface area (Å²) in [4.78, 5) is 14.1. The van der Waals surface area contributed by atoms with Crippen LogP contribution in [0.5, 0.6) is 0 Å². The van der Waals surface area contributed by atoms with Gasteiger partial charge >= 0.3 is 0 Å². The molecule has 2 rings (SSSR count). The normalized spacial score (nSPS) is 10.2. The number of hydrogen-bond acceptors (Lipinski definition) is 3. The van der Waals surface area contributed by atoms with E-state index < -0.39 is 0 Å². The molecule has 0 aliphatic carbocycles. The highest BCUT2D eigenvalue weighted by Gasteiger charge is 2.05. The first kappa shape index (κ1) is 15.1. The SMILES string of the molecule is CN(C)c1ccc(CNC(=O)c2cccc(CN)c2)cc1. The molecule has 0 aliphatic rings. The monoisotopic (exact) mass is 283 g/mol. The van der Waals surface area contributed by atoms with Crippen molar-refractivity contribution in [3.05, 3.63) is 65.2 Å². The Labute approximate surface area is 125 Å². The van der Waals surface area contributed by atoms with Gasteiger partial charge in [0.2, 0.25) is 0 Å². The Morgan fingerprint density at radius 2 is 1.81 bits per heavy atom. The number of amides is 1. The van der Waals surface area contributed by atoms with Crippen LogP contribution in [0.15, 0.2) is 48.5 Å². The Balaban J connectivity index is 1.97. The third-order valence-electron chi connectivity index (χ3n) is 3.33. The number of nitrogens with one attached hydrogen (secondary N) is 1. The van der Waals surface area contributed by atoms with E-state index in [1.54, 1.807) is 6.07 Å². The van der Waals surface area contributed by atoms with Gasteiger partial charge in [-0.2, -0.15) is 0 Å². The molecule has 0 bridgehead atoms. The van der Waals surface area contributed by atoms with Crippen LogP contribution in [0.3, 0.4) is 0 Å². The maximum Gasteiger partial charge on any atom is 0.251 e. The largest absolute Gasteiger partial charge is 0.378 e. The van der Waals surface area contributed by atoms with Crippen LogP contribution in [0.25, 0.3) is 0 Å². The van der Waals surface area contributed by atoms with E-state index in [1.165, 1.54) is 0 Å². The van der Waals surface area contributed by atoms with Crippen LogP contribution >= 0.6 is 0 Å². The molecule has 21 heavy (non-hydrogen) atoms. The lowest BCUT2D eigenvalue weighted by molar-refractivity contribution is 0.0951. The molecule has 3 N–H and O–H groups in total. The topological polar surface area (TPSA) is 58.4 Å². The average molecular weight is 283 g/mol. The molecule has 2 aromatic rings. The Morgan fingerprint density at radius 3 is 2.43 bits per heavy atom. The van der Waals surface area contributed by atoms with Gasteiger partial charge in [0.1, 0.15) is 0 Å². The van der Waals surface area contributed by atoms with Crippen LogP contribution in [0.4, 0.5) is 5.69 Å². The predicted octanol–water partition coefficient (Wildman–Crippen LogP) is 2.14. The maximum absolute atomic E-state index is 12.1. The zero-order valence-electron chi connectivity index (χ0n) is 12.5. The summed E-state index contributed by atoms with van der Waals surface area (Å²) >= 11 is 0. The van der Waals surface area contributed by atoms with Crippen molar-refractivity contribution >= 4 is 11.6 Å². The lowest BCUT2D eigenvalue weighted by Crippen LogP contribution is -2.23. The summed E-state index contributed by atoms with van der Waals surface area (Å²) in [5, 5.41) is 2.92. The number of nitrogens with zero attached hydrogens (tertiary/aromatic N) is 1. The van der Waals surface area contributed by atoms with Gasteiger partial charge in [-0.3, -0.25) is 4.79 Å². The summed E-state index contributed by atoms with van der Waals surface area (Å²) in [5.41, 5.74) is 9.40. The smallest absolute Gasteiger partial charge is 0.251 e. The third kappa shape index (κ3) is 4.07. The van der Waals surface area contributed by atoms with Crippen molar-refractivity contribution in [2.45, 2.75) is 13.1 Å². The number of carbonyl (C=O) groups is 1. The van der Waals surface area contributed by atoms with Crippen molar-refractivity contribution in [1.82, 2.24) is 5.32 Å². The Morgan fingerprint density at radius 1 is 1.10 bits per heavy atom. The zero-order chi connectivity index (χ0) is 15.2. The van der Waals surface area contributed by atoms with Crippen molar-refractivity contribution in [2.75, 3.05) is 19.0 Å². The van der Waals surface area contributed by atoms with E-state index in [1.807, 2.05) is 61.5 Å². The van der Waals surface area contributed by atoms with Crippen molar-refractivity contribution in [3.8, 4) is 0 Å². The van der Waals surface area contributed by atoms with E-state index in [0.717, 1.165) is 16.8 Å². The standard InChI is InChI=1S/C17H21N3O/c1-20(2)16-8-6-13(7-9-16)12-19-17(21)15-5-3-4-14(10-15)11-18/h3-10H,11-12,18H2,1-2H3,(H,19,21). The van der Waals surface area contributed by atoms with E-state index in [9.17, 15) is 4.79 Å². The van der Waals surface area contributed by atoms with Crippen molar-refractivity contribution in [3.63, 3.8) is 0 Å². The van der Waals surface area contributed by atoms with Crippen molar-refractivity contribution in [1.29, 1.82) is 0 Å². The highest BCUT2D eigenvalue weighted by Crippen LogP contribution is 2.12. The summed E-state index contributed by atoms with van der Waals surface area (Å²) in [5.74, 6) is -0.0815. The minimum absolute atomic E-state index is 0.0815. The summed E-state index contributed by atoms with van der Waals surface area (Å²) in [6, 6.07) is 15.5. The Kier molecular flexibility index (Phi) is 4.95. The van der Waals surface area contributed by atoms with Gasteiger partial charge in [-0.1, -0.05) is 24.3 Å². The fraction of sp³-hybridized carbons (Fsp3) is 0.235.